The van der Waals surface area contributed by atoms with E-state index in [4.69, 9.17) is 9.47 Å². The van der Waals surface area contributed by atoms with E-state index in [1.165, 1.54) is 16.3 Å². The Kier molecular flexibility index (Phi) is 7.80. The first-order chi connectivity index (χ1) is 14.9. The van der Waals surface area contributed by atoms with Gasteiger partial charge in [-0.05, 0) is 37.3 Å². The lowest BCUT2D eigenvalue weighted by molar-refractivity contribution is -0.143. The van der Waals surface area contributed by atoms with Crippen LogP contribution in [-0.4, -0.2) is 35.9 Å². The van der Waals surface area contributed by atoms with Crippen LogP contribution in [0, 0.1) is 11.6 Å². The molecule has 6 nitrogen and oxygen atoms in total. The number of carbonyl (C=O) groups excluding carboxylic acids is 2. The molecule has 31 heavy (non-hydrogen) atoms. The molecule has 0 bridgehead atoms. The number of amides is 1. The largest absolute Gasteiger partial charge is 0.497 e. The number of esters is 1. The molecule has 0 aliphatic heterocycles. The zero-order chi connectivity index (χ0) is 22.4. The molecule has 0 N–H and O–H groups in total. The van der Waals surface area contributed by atoms with Gasteiger partial charge in [0, 0.05) is 23.1 Å². The number of hydrogen-bond acceptors (Lipinski definition) is 6. The van der Waals surface area contributed by atoms with Gasteiger partial charge in [0.2, 0.25) is 5.91 Å². The van der Waals surface area contributed by atoms with Gasteiger partial charge in [0.05, 0.1) is 23.9 Å². The van der Waals surface area contributed by atoms with Gasteiger partial charge >= 0.3 is 5.97 Å². The number of carbonyl (C=O) groups is 2. The first kappa shape index (κ1) is 23.0. The van der Waals surface area contributed by atoms with E-state index in [1.54, 1.807) is 14.0 Å². The average Bonchev–Trinajstić information content (AvgIpc) is 3.05. The number of ether oxygens (including phenoxy) is 2. The Morgan fingerprint density at radius 1 is 1.19 bits per heavy atom. The Hall–Kier alpha value is -2.72. The summed E-state index contributed by atoms with van der Waals surface area (Å²) >= 11 is 2.43. The molecule has 164 valence electrons. The van der Waals surface area contributed by atoms with Crippen molar-refractivity contribution < 1.29 is 27.8 Å². The van der Waals surface area contributed by atoms with E-state index in [2.05, 4.69) is 4.99 Å². The van der Waals surface area contributed by atoms with Crippen molar-refractivity contribution in [2.24, 2.45) is 4.99 Å². The third-order valence-corrected chi connectivity index (χ3v) is 6.19. The van der Waals surface area contributed by atoms with Crippen LogP contribution in [0.1, 0.15) is 13.3 Å². The fourth-order valence-corrected chi connectivity index (χ4v) is 4.71. The number of methoxy groups -OCH3 is 1. The molecule has 0 atom stereocenters. The molecule has 10 heteroatoms. The standard InChI is InChI=1S/C21H20F2N2O4S2/c1-3-29-19(27)12-25-20-16(23)10-13(22)11-17(20)31-21(25)24-18(26)8-9-30-15-6-4-14(28-2)5-7-15/h4-7,10-11H,3,8-9,12H2,1-2H3. The molecule has 1 aromatic heterocycles. The van der Waals surface area contributed by atoms with Crippen molar-refractivity contribution in [1.29, 1.82) is 0 Å². The molecule has 3 aromatic rings. The summed E-state index contributed by atoms with van der Waals surface area (Å²) in [5, 5.41) is 0. The fourth-order valence-electron chi connectivity index (χ4n) is 2.79. The Morgan fingerprint density at radius 3 is 2.61 bits per heavy atom. The number of nitrogens with zero attached hydrogens (tertiary/aromatic N) is 2. The van der Waals surface area contributed by atoms with Gasteiger partial charge in [-0.1, -0.05) is 11.3 Å². The molecule has 2 aromatic carbocycles. The van der Waals surface area contributed by atoms with Crippen LogP contribution in [0.3, 0.4) is 0 Å². The highest BCUT2D eigenvalue weighted by Gasteiger charge is 2.16. The highest BCUT2D eigenvalue weighted by molar-refractivity contribution is 7.99. The highest BCUT2D eigenvalue weighted by atomic mass is 32.2. The van der Waals surface area contributed by atoms with Crippen LogP contribution in [0.5, 0.6) is 5.75 Å². The number of rotatable bonds is 8. The number of hydrogen-bond donors (Lipinski definition) is 0. The Morgan fingerprint density at radius 2 is 1.94 bits per heavy atom. The number of halogens is 2. The van der Waals surface area contributed by atoms with Crippen molar-refractivity contribution in [2.45, 2.75) is 24.8 Å². The molecule has 3 rings (SSSR count). The van der Waals surface area contributed by atoms with Crippen LogP contribution in [0.4, 0.5) is 8.78 Å². The number of benzene rings is 2. The van der Waals surface area contributed by atoms with Crippen LogP contribution in [0.15, 0.2) is 46.3 Å². The smallest absolute Gasteiger partial charge is 0.326 e. The summed E-state index contributed by atoms with van der Waals surface area (Å²) in [6.45, 7) is 1.48. The SMILES string of the molecule is CCOC(=O)Cn1c(=NC(=O)CCSc2ccc(OC)cc2)sc2cc(F)cc(F)c21. The van der Waals surface area contributed by atoms with E-state index < -0.39 is 23.5 Å². The fraction of sp³-hybridized carbons (Fsp3) is 0.286. The number of fused-ring (bicyclic) bond motifs is 1. The molecule has 0 saturated carbocycles. The van der Waals surface area contributed by atoms with Gasteiger partial charge < -0.3 is 14.0 Å². The maximum Gasteiger partial charge on any atom is 0.326 e. The maximum absolute atomic E-state index is 14.4. The molecule has 0 radical (unpaired) electrons. The van der Waals surface area contributed by atoms with Crippen molar-refractivity contribution in [3.8, 4) is 5.75 Å². The second-order valence-corrected chi connectivity index (χ2v) is 8.47. The Bertz CT molecular complexity index is 1160. The molecule has 0 aliphatic rings. The normalized spacial score (nSPS) is 11.7. The predicted octanol–water partition coefficient (Wildman–Crippen LogP) is 4.16. The second kappa shape index (κ2) is 10.5. The van der Waals surface area contributed by atoms with E-state index >= 15 is 0 Å². The molecule has 0 aliphatic carbocycles. The van der Waals surface area contributed by atoms with E-state index in [0.717, 1.165) is 34.1 Å². The second-order valence-electron chi connectivity index (χ2n) is 6.29. The van der Waals surface area contributed by atoms with Gasteiger partial charge in [-0.15, -0.1) is 11.8 Å². The van der Waals surface area contributed by atoms with E-state index in [9.17, 15) is 18.4 Å². The van der Waals surface area contributed by atoms with Crippen molar-refractivity contribution in [1.82, 2.24) is 4.57 Å². The third kappa shape index (κ3) is 5.92. The van der Waals surface area contributed by atoms with Crippen molar-refractivity contribution in [2.75, 3.05) is 19.5 Å². The summed E-state index contributed by atoms with van der Waals surface area (Å²) in [5.74, 6) is -1.38. The van der Waals surface area contributed by atoms with Gasteiger partial charge in [0.15, 0.2) is 10.6 Å². The zero-order valence-corrected chi connectivity index (χ0v) is 18.5. The lowest BCUT2D eigenvalue weighted by Crippen LogP contribution is -2.23. The van der Waals surface area contributed by atoms with Crippen LogP contribution < -0.4 is 9.54 Å². The quantitative estimate of drug-likeness (QED) is 0.368. The molecule has 0 spiro atoms. The van der Waals surface area contributed by atoms with Crippen LogP contribution in [0.2, 0.25) is 0 Å². The van der Waals surface area contributed by atoms with Crippen LogP contribution in [-0.2, 0) is 20.9 Å². The molecular formula is C21H20F2N2O4S2. The van der Waals surface area contributed by atoms with Crippen LogP contribution in [0.25, 0.3) is 10.2 Å². The Balaban J connectivity index is 1.81. The van der Waals surface area contributed by atoms with Gasteiger partial charge in [-0.25, -0.2) is 8.78 Å². The summed E-state index contributed by atoms with van der Waals surface area (Å²) in [4.78, 5) is 29.5. The van der Waals surface area contributed by atoms with Gasteiger partial charge in [0.1, 0.15) is 18.1 Å². The van der Waals surface area contributed by atoms with E-state index in [1.807, 2.05) is 24.3 Å². The first-order valence-corrected chi connectivity index (χ1v) is 11.2. The minimum atomic E-state index is -0.834. The summed E-state index contributed by atoms with van der Waals surface area (Å²) in [5.41, 5.74) is 0.0126. The summed E-state index contributed by atoms with van der Waals surface area (Å²) in [6.07, 6.45) is 0.140. The molecule has 0 fully saturated rings. The number of thiazole rings is 1. The first-order valence-electron chi connectivity index (χ1n) is 9.39. The van der Waals surface area contributed by atoms with Gasteiger partial charge in [0.25, 0.3) is 0 Å². The summed E-state index contributed by atoms with van der Waals surface area (Å²) in [7, 11) is 1.59. The van der Waals surface area contributed by atoms with E-state index in [-0.39, 0.29) is 34.6 Å². The summed E-state index contributed by atoms with van der Waals surface area (Å²) in [6, 6.07) is 9.32. The van der Waals surface area contributed by atoms with Gasteiger partial charge in [-0.2, -0.15) is 4.99 Å². The lowest BCUT2D eigenvalue weighted by atomic mass is 10.3. The zero-order valence-electron chi connectivity index (χ0n) is 16.9. The maximum atomic E-state index is 14.4. The molecule has 0 saturated heterocycles. The van der Waals surface area contributed by atoms with Crippen LogP contribution >= 0.6 is 23.1 Å². The van der Waals surface area contributed by atoms with Crippen molar-refractivity contribution >= 4 is 45.2 Å². The number of thioether (sulfide) groups is 1. The highest BCUT2D eigenvalue weighted by Crippen LogP contribution is 2.23. The third-order valence-electron chi connectivity index (χ3n) is 4.15. The average molecular weight is 467 g/mol. The molecular weight excluding hydrogens is 446 g/mol. The minimum absolute atomic E-state index is 0.0126. The minimum Gasteiger partial charge on any atom is -0.497 e. The molecule has 1 heterocycles. The van der Waals surface area contributed by atoms with Crippen molar-refractivity contribution in [3.63, 3.8) is 0 Å². The monoisotopic (exact) mass is 466 g/mol. The topological polar surface area (TPSA) is 69.9 Å². The van der Waals surface area contributed by atoms with Crippen molar-refractivity contribution in [3.05, 3.63) is 52.8 Å². The number of aromatic nitrogens is 1. The Labute approximate surface area is 185 Å². The van der Waals surface area contributed by atoms with Gasteiger partial charge in [-0.3, -0.25) is 9.59 Å². The summed E-state index contributed by atoms with van der Waals surface area (Å²) < 4.78 is 39.6. The molecule has 1 amide bonds. The lowest BCUT2D eigenvalue weighted by Gasteiger charge is -2.06. The van der Waals surface area contributed by atoms with E-state index in [0.29, 0.717) is 5.75 Å². The predicted molar refractivity (Wildman–Crippen MR) is 115 cm³/mol. The molecule has 0 unspecified atom stereocenters.